The van der Waals surface area contributed by atoms with E-state index >= 15 is 0 Å². The number of carbonyl (C=O) groups is 1. The number of furan rings is 1. The SMILES string of the molecule is CCc1nnc(CNC(=O)c2cc(C)oc2C)s1. The van der Waals surface area contributed by atoms with Gasteiger partial charge in [0.2, 0.25) is 0 Å². The summed E-state index contributed by atoms with van der Waals surface area (Å²) in [6.07, 6.45) is 0.867. The summed E-state index contributed by atoms with van der Waals surface area (Å²) in [6.45, 7) is 6.03. The Kier molecular flexibility index (Phi) is 3.76. The molecule has 1 N–H and O–H groups in total. The third-order valence-electron chi connectivity index (χ3n) is 2.50. The summed E-state index contributed by atoms with van der Waals surface area (Å²) in [5.74, 6) is 1.23. The number of hydrogen-bond donors (Lipinski definition) is 1. The summed E-state index contributed by atoms with van der Waals surface area (Å²) in [5.41, 5.74) is 0.577. The van der Waals surface area contributed by atoms with Crippen molar-refractivity contribution in [2.24, 2.45) is 0 Å². The minimum absolute atomic E-state index is 0.141. The van der Waals surface area contributed by atoms with Gasteiger partial charge >= 0.3 is 0 Å². The quantitative estimate of drug-likeness (QED) is 0.920. The van der Waals surface area contributed by atoms with Crippen molar-refractivity contribution in [3.63, 3.8) is 0 Å². The molecule has 0 saturated heterocycles. The number of nitrogens with one attached hydrogen (secondary N) is 1. The zero-order valence-corrected chi connectivity index (χ0v) is 11.4. The Bertz CT molecular complexity index is 559. The molecular weight excluding hydrogens is 250 g/mol. The molecule has 96 valence electrons. The maximum absolute atomic E-state index is 11.9. The maximum atomic E-state index is 11.9. The lowest BCUT2D eigenvalue weighted by atomic mass is 10.2. The van der Waals surface area contributed by atoms with E-state index in [1.807, 2.05) is 13.8 Å². The van der Waals surface area contributed by atoms with Gasteiger partial charge in [-0.2, -0.15) is 0 Å². The van der Waals surface area contributed by atoms with E-state index in [1.54, 1.807) is 13.0 Å². The maximum Gasteiger partial charge on any atom is 0.255 e. The number of rotatable bonds is 4. The molecule has 0 fully saturated rings. The Morgan fingerprint density at radius 1 is 1.39 bits per heavy atom. The topological polar surface area (TPSA) is 68.0 Å². The molecule has 0 bridgehead atoms. The lowest BCUT2D eigenvalue weighted by molar-refractivity contribution is 0.0949. The predicted molar refractivity (Wildman–Crippen MR) is 68.6 cm³/mol. The second-order valence-corrected chi connectivity index (χ2v) is 5.10. The van der Waals surface area contributed by atoms with Crippen LogP contribution in [0.25, 0.3) is 0 Å². The monoisotopic (exact) mass is 265 g/mol. The first-order chi connectivity index (χ1) is 8.60. The van der Waals surface area contributed by atoms with Gasteiger partial charge in [-0.05, 0) is 26.3 Å². The second-order valence-electron chi connectivity index (χ2n) is 3.95. The van der Waals surface area contributed by atoms with Gasteiger partial charge in [-0.25, -0.2) is 0 Å². The molecule has 0 aromatic carbocycles. The van der Waals surface area contributed by atoms with Crippen molar-refractivity contribution in [1.29, 1.82) is 0 Å². The van der Waals surface area contributed by atoms with E-state index in [4.69, 9.17) is 4.42 Å². The third kappa shape index (κ3) is 2.76. The number of nitrogens with zero attached hydrogens (tertiary/aromatic N) is 2. The standard InChI is InChI=1S/C12H15N3O2S/c1-4-10-14-15-11(18-10)6-13-12(16)9-5-7(2)17-8(9)3/h5H,4,6H2,1-3H3,(H,13,16). The highest BCUT2D eigenvalue weighted by Crippen LogP contribution is 2.14. The normalized spacial score (nSPS) is 10.6. The molecule has 18 heavy (non-hydrogen) atoms. The first-order valence-corrected chi connectivity index (χ1v) is 6.58. The van der Waals surface area contributed by atoms with E-state index in [2.05, 4.69) is 15.5 Å². The van der Waals surface area contributed by atoms with E-state index < -0.39 is 0 Å². The molecule has 2 aromatic rings. The van der Waals surface area contributed by atoms with Crippen LogP contribution in [0.15, 0.2) is 10.5 Å². The van der Waals surface area contributed by atoms with Gasteiger partial charge in [-0.3, -0.25) is 4.79 Å². The van der Waals surface area contributed by atoms with Crippen LogP contribution in [0, 0.1) is 13.8 Å². The van der Waals surface area contributed by atoms with Gasteiger partial charge < -0.3 is 9.73 Å². The summed E-state index contributed by atoms with van der Waals surface area (Å²) in [7, 11) is 0. The van der Waals surface area contributed by atoms with Crippen LogP contribution in [-0.2, 0) is 13.0 Å². The van der Waals surface area contributed by atoms with Crippen molar-refractivity contribution in [3.05, 3.63) is 33.2 Å². The molecule has 0 spiro atoms. The van der Waals surface area contributed by atoms with Gasteiger partial charge in [0.1, 0.15) is 21.5 Å². The van der Waals surface area contributed by atoms with Crippen molar-refractivity contribution < 1.29 is 9.21 Å². The minimum Gasteiger partial charge on any atom is -0.466 e. The van der Waals surface area contributed by atoms with Crippen LogP contribution < -0.4 is 5.32 Å². The van der Waals surface area contributed by atoms with Crippen LogP contribution in [0.3, 0.4) is 0 Å². The van der Waals surface area contributed by atoms with Gasteiger partial charge in [0.15, 0.2) is 0 Å². The highest BCUT2D eigenvalue weighted by atomic mass is 32.1. The summed E-state index contributed by atoms with van der Waals surface area (Å²) in [4.78, 5) is 11.9. The second kappa shape index (κ2) is 5.30. The summed E-state index contributed by atoms with van der Waals surface area (Å²) < 4.78 is 5.32. The van der Waals surface area contributed by atoms with Crippen molar-refractivity contribution in [2.75, 3.05) is 0 Å². The van der Waals surface area contributed by atoms with Crippen LogP contribution >= 0.6 is 11.3 Å². The number of amides is 1. The van der Waals surface area contributed by atoms with Crippen LogP contribution in [-0.4, -0.2) is 16.1 Å². The minimum atomic E-state index is -0.141. The zero-order chi connectivity index (χ0) is 13.1. The van der Waals surface area contributed by atoms with Crippen LogP contribution in [0.4, 0.5) is 0 Å². The van der Waals surface area contributed by atoms with Crippen molar-refractivity contribution in [2.45, 2.75) is 33.7 Å². The van der Waals surface area contributed by atoms with Gasteiger partial charge in [0, 0.05) is 0 Å². The van der Waals surface area contributed by atoms with Gasteiger partial charge in [-0.15, -0.1) is 10.2 Å². The van der Waals surface area contributed by atoms with Crippen molar-refractivity contribution in [1.82, 2.24) is 15.5 Å². The Morgan fingerprint density at radius 3 is 2.67 bits per heavy atom. The third-order valence-corrected chi connectivity index (χ3v) is 3.56. The van der Waals surface area contributed by atoms with Crippen molar-refractivity contribution in [3.8, 4) is 0 Å². The number of aryl methyl sites for hydroxylation is 3. The molecule has 0 saturated carbocycles. The molecule has 2 rings (SSSR count). The fourth-order valence-corrected chi connectivity index (χ4v) is 2.33. The predicted octanol–water partition coefficient (Wildman–Crippen LogP) is 2.24. The molecule has 2 aromatic heterocycles. The summed E-state index contributed by atoms with van der Waals surface area (Å²) >= 11 is 1.52. The molecule has 5 nitrogen and oxygen atoms in total. The molecular formula is C12H15N3O2S. The Hall–Kier alpha value is -1.69. The van der Waals surface area contributed by atoms with Gasteiger partial charge in [0.25, 0.3) is 5.91 Å². The lowest BCUT2D eigenvalue weighted by Crippen LogP contribution is -2.22. The van der Waals surface area contributed by atoms with Crippen LogP contribution in [0.1, 0.15) is 38.8 Å². The molecule has 6 heteroatoms. The van der Waals surface area contributed by atoms with Crippen molar-refractivity contribution >= 4 is 17.2 Å². The number of aromatic nitrogens is 2. The van der Waals surface area contributed by atoms with Crippen LogP contribution in [0.2, 0.25) is 0 Å². The fourth-order valence-electron chi connectivity index (χ4n) is 1.61. The molecule has 0 aliphatic heterocycles. The number of carbonyl (C=O) groups excluding carboxylic acids is 1. The Morgan fingerprint density at radius 2 is 2.11 bits per heavy atom. The van der Waals surface area contributed by atoms with E-state index in [0.717, 1.165) is 22.2 Å². The van der Waals surface area contributed by atoms with E-state index in [9.17, 15) is 4.79 Å². The smallest absolute Gasteiger partial charge is 0.255 e. The molecule has 2 heterocycles. The van der Waals surface area contributed by atoms with E-state index in [-0.39, 0.29) is 5.91 Å². The Labute approximate surface area is 109 Å². The van der Waals surface area contributed by atoms with E-state index in [0.29, 0.717) is 17.9 Å². The lowest BCUT2D eigenvalue weighted by Gasteiger charge is -2.00. The average molecular weight is 265 g/mol. The first kappa shape index (κ1) is 12.8. The van der Waals surface area contributed by atoms with Gasteiger partial charge in [-0.1, -0.05) is 18.3 Å². The van der Waals surface area contributed by atoms with Crippen LogP contribution in [0.5, 0.6) is 0 Å². The largest absolute Gasteiger partial charge is 0.466 e. The molecule has 0 aliphatic carbocycles. The Balaban J connectivity index is 1.98. The highest BCUT2D eigenvalue weighted by molar-refractivity contribution is 7.11. The zero-order valence-electron chi connectivity index (χ0n) is 10.6. The highest BCUT2D eigenvalue weighted by Gasteiger charge is 2.13. The summed E-state index contributed by atoms with van der Waals surface area (Å²) in [6, 6.07) is 1.74. The van der Waals surface area contributed by atoms with Gasteiger partial charge in [0.05, 0.1) is 12.1 Å². The molecule has 0 atom stereocenters. The first-order valence-electron chi connectivity index (χ1n) is 5.76. The summed E-state index contributed by atoms with van der Waals surface area (Å²) in [5, 5.41) is 12.6. The molecule has 0 aliphatic rings. The fraction of sp³-hybridized carbons (Fsp3) is 0.417. The number of hydrogen-bond acceptors (Lipinski definition) is 5. The molecule has 0 radical (unpaired) electrons. The average Bonchev–Trinajstić information content (AvgIpc) is 2.92. The molecule has 1 amide bonds. The molecule has 0 unspecified atom stereocenters. The van der Waals surface area contributed by atoms with E-state index in [1.165, 1.54) is 11.3 Å².